The van der Waals surface area contributed by atoms with E-state index in [1.807, 2.05) is 18.2 Å². The van der Waals surface area contributed by atoms with Gasteiger partial charge in [0, 0.05) is 43.2 Å². The molecule has 0 bridgehead atoms. The molecular weight excluding hydrogens is 520 g/mol. The first-order valence-electron chi connectivity index (χ1n) is 12.1. The summed E-state index contributed by atoms with van der Waals surface area (Å²) in [4.78, 5) is 28.8. The molecule has 1 aromatic heterocycles. The summed E-state index contributed by atoms with van der Waals surface area (Å²) in [6.07, 6.45) is 3.66. The van der Waals surface area contributed by atoms with Gasteiger partial charge in [0.15, 0.2) is 0 Å². The van der Waals surface area contributed by atoms with E-state index in [2.05, 4.69) is 35.5 Å². The van der Waals surface area contributed by atoms with Gasteiger partial charge in [-0.1, -0.05) is 42.5 Å². The van der Waals surface area contributed by atoms with E-state index in [9.17, 15) is 18.0 Å². The molecule has 0 spiro atoms. The number of anilines is 1. The van der Waals surface area contributed by atoms with E-state index in [0.29, 0.717) is 23.5 Å². The molecule has 0 radical (unpaired) electrons. The molecule has 8 nitrogen and oxygen atoms in total. The molecule has 4 rings (SSSR count). The Hall–Kier alpha value is -3.57. The van der Waals surface area contributed by atoms with Gasteiger partial charge in [-0.15, -0.1) is 24.5 Å². The number of hydrogen-bond donors (Lipinski definition) is 2. The number of sulfonamides is 1. The van der Waals surface area contributed by atoms with Crippen LogP contribution in [0.15, 0.2) is 84.8 Å². The zero-order valence-electron chi connectivity index (χ0n) is 20.9. The average Bonchev–Trinajstić information content (AvgIpc) is 3.26. The maximum absolute atomic E-state index is 13.1. The molecule has 2 heterocycles. The second-order valence-corrected chi connectivity index (χ2v) is 11.9. The van der Waals surface area contributed by atoms with Gasteiger partial charge in [0.1, 0.15) is 5.00 Å². The summed E-state index contributed by atoms with van der Waals surface area (Å²) in [6, 6.07) is 15.8. The molecule has 1 aliphatic rings. The quantitative estimate of drug-likeness (QED) is 0.350. The number of hydrogen-bond acceptors (Lipinski definition) is 6. The van der Waals surface area contributed by atoms with E-state index < -0.39 is 21.8 Å². The number of amides is 2. The molecule has 198 valence electrons. The number of nitrogens with zero attached hydrogens (tertiary/aromatic N) is 2. The zero-order valence-corrected chi connectivity index (χ0v) is 22.6. The first-order chi connectivity index (χ1) is 18.2. The van der Waals surface area contributed by atoms with Crippen LogP contribution in [0.3, 0.4) is 0 Å². The number of fused-ring (bicyclic) bond motifs is 1. The molecule has 0 unspecified atom stereocenters. The Kier molecular flexibility index (Phi) is 8.58. The molecule has 2 amide bonds. The molecular formula is C28H30N4O4S2. The molecule has 0 aliphatic carbocycles. The Bertz CT molecular complexity index is 1440. The van der Waals surface area contributed by atoms with Gasteiger partial charge < -0.3 is 11.1 Å². The maximum Gasteiger partial charge on any atom is 0.256 e. The van der Waals surface area contributed by atoms with E-state index in [4.69, 9.17) is 5.73 Å². The lowest BCUT2D eigenvalue weighted by molar-refractivity contribution is 0.0999. The van der Waals surface area contributed by atoms with Crippen molar-refractivity contribution in [3.63, 3.8) is 0 Å². The summed E-state index contributed by atoms with van der Waals surface area (Å²) in [6.45, 7) is 9.71. The van der Waals surface area contributed by atoms with E-state index in [0.717, 1.165) is 23.5 Å². The highest BCUT2D eigenvalue weighted by molar-refractivity contribution is 7.89. The van der Waals surface area contributed by atoms with Crippen molar-refractivity contribution in [1.29, 1.82) is 0 Å². The Morgan fingerprint density at radius 3 is 2.32 bits per heavy atom. The zero-order chi connectivity index (χ0) is 27.3. The van der Waals surface area contributed by atoms with E-state index >= 15 is 0 Å². The molecule has 38 heavy (non-hydrogen) atoms. The SMILES string of the molecule is C=CCN(CC=C)S(=O)(=O)c1ccc(C(=O)Nc2sc3c(c2C(N)=O)CCN(Cc2ccccc2)C3)cc1. The number of nitrogens with one attached hydrogen (secondary N) is 1. The second-order valence-electron chi connectivity index (χ2n) is 8.90. The summed E-state index contributed by atoms with van der Waals surface area (Å²) >= 11 is 1.35. The van der Waals surface area contributed by atoms with Crippen LogP contribution in [0, 0.1) is 0 Å². The Morgan fingerprint density at radius 1 is 1.05 bits per heavy atom. The minimum absolute atomic E-state index is 0.0562. The summed E-state index contributed by atoms with van der Waals surface area (Å²) < 4.78 is 27.1. The van der Waals surface area contributed by atoms with Gasteiger partial charge in [-0.3, -0.25) is 14.5 Å². The molecule has 0 saturated carbocycles. The highest BCUT2D eigenvalue weighted by atomic mass is 32.2. The monoisotopic (exact) mass is 550 g/mol. The minimum atomic E-state index is -3.78. The molecule has 2 aromatic carbocycles. The molecule has 0 atom stereocenters. The Morgan fingerprint density at radius 2 is 1.71 bits per heavy atom. The van der Waals surface area contributed by atoms with Crippen LogP contribution in [0.2, 0.25) is 0 Å². The molecule has 3 N–H and O–H groups in total. The van der Waals surface area contributed by atoms with Gasteiger partial charge in [0.2, 0.25) is 10.0 Å². The number of thiophene rings is 1. The third-order valence-corrected chi connectivity index (χ3v) is 9.26. The van der Waals surface area contributed by atoms with Crippen molar-refractivity contribution >= 4 is 38.2 Å². The maximum atomic E-state index is 13.1. The van der Waals surface area contributed by atoms with Crippen LogP contribution in [0.1, 0.15) is 36.7 Å². The van der Waals surface area contributed by atoms with Crippen molar-refractivity contribution in [2.24, 2.45) is 5.73 Å². The first-order valence-corrected chi connectivity index (χ1v) is 14.3. The highest BCUT2D eigenvalue weighted by Gasteiger charge is 2.28. The summed E-state index contributed by atoms with van der Waals surface area (Å²) in [5.41, 5.74) is 8.42. The summed E-state index contributed by atoms with van der Waals surface area (Å²) in [5, 5.41) is 3.24. The van der Waals surface area contributed by atoms with Crippen LogP contribution >= 0.6 is 11.3 Å². The number of carbonyl (C=O) groups is 2. The average molecular weight is 551 g/mol. The van der Waals surface area contributed by atoms with Crippen molar-refractivity contribution in [3.8, 4) is 0 Å². The predicted molar refractivity (Wildman–Crippen MR) is 151 cm³/mol. The first kappa shape index (κ1) is 27.5. The lowest BCUT2D eigenvalue weighted by Gasteiger charge is -2.27. The van der Waals surface area contributed by atoms with E-state index in [1.54, 1.807) is 0 Å². The number of primary amides is 1. The van der Waals surface area contributed by atoms with Crippen LogP contribution in [0.5, 0.6) is 0 Å². The number of nitrogens with two attached hydrogens (primary N) is 1. The molecule has 10 heteroatoms. The van der Waals surface area contributed by atoms with E-state index in [1.165, 1.54) is 57.6 Å². The molecule has 3 aromatic rings. The van der Waals surface area contributed by atoms with Crippen LogP contribution in [0.25, 0.3) is 0 Å². The minimum Gasteiger partial charge on any atom is -0.365 e. The van der Waals surface area contributed by atoms with Crippen LogP contribution in [-0.4, -0.2) is 49.1 Å². The summed E-state index contributed by atoms with van der Waals surface area (Å²) in [7, 11) is -3.78. The third-order valence-electron chi connectivity index (χ3n) is 6.28. The highest BCUT2D eigenvalue weighted by Crippen LogP contribution is 2.37. The van der Waals surface area contributed by atoms with Crippen molar-refractivity contribution < 1.29 is 18.0 Å². The molecule has 0 saturated heterocycles. The van der Waals surface area contributed by atoms with Crippen LogP contribution in [-0.2, 0) is 29.5 Å². The van der Waals surface area contributed by atoms with Gasteiger partial charge in [0.05, 0.1) is 10.5 Å². The Balaban J connectivity index is 1.52. The lowest BCUT2D eigenvalue weighted by atomic mass is 10.0. The van der Waals surface area contributed by atoms with Gasteiger partial charge in [0.25, 0.3) is 11.8 Å². The molecule has 1 aliphatic heterocycles. The van der Waals surface area contributed by atoms with Crippen LogP contribution in [0.4, 0.5) is 5.00 Å². The number of carbonyl (C=O) groups excluding carboxylic acids is 2. The van der Waals surface area contributed by atoms with Crippen molar-refractivity contribution in [1.82, 2.24) is 9.21 Å². The standard InChI is InChI=1S/C28H30N4O4S2/c1-3-15-32(16-4-2)38(35,36)22-12-10-21(11-13-22)27(34)30-28-25(26(29)33)23-14-17-31(19-24(23)37-28)18-20-8-6-5-7-9-20/h3-13H,1-2,14-19H2,(H2,29,33)(H,30,34). The van der Waals surface area contributed by atoms with Gasteiger partial charge in [-0.05, 0) is 41.8 Å². The Labute approximate surface area is 227 Å². The fourth-order valence-electron chi connectivity index (χ4n) is 4.44. The second kappa shape index (κ2) is 11.9. The van der Waals surface area contributed by atoms with Crippen molar-refractivity contribution in [2.45, 2.75) is 24.4 Å². The number of rotatable bonds is 11. The predicted octanol–water partition coefficient (Wildman–Crippen LogP) is 4.02. The fourth-order valence-corrected chi connectivity index (χ4v) is 7.12. The topological polar surface area (TPSA) is 113 Å². The fraction of sp³-hybridized carbons (Fsp3) is 0.214. The largest absolute Gasteiger partial charge is 0.365 e. The van der Waals surface area contributed by atoms with Crippen molar-refractivity contribution in [2.75, 3.05) is 25.0 Å². The normalized spacial score (nSPS) is 13.6. The lowest BCUT2D eigenvalue weighted by Crippen LogP contribution is -2.31. The smallest absolute Gasteiger partial charge is 0.256 e. The van der Waals surface area contributed by atoms with E-state index in [-0.39, 0.29) is 23.5 Å². The van der Waals surface area contributed by atoms with Gasteiger partial charge >= 0.3 is 0 Å². The third kappa shape index (κ3) is 5.94. The number of benzene rings is 2. The van der Waals surface area contributed by atoms with Gasteiger partial charge in [-0.2, -0.15) is 4.31 Å². The van der Waals surface area contributed by atoms with Gasteiger partial charge in [-0.25, -0.2) is 8.42 Å². The van der Waals surface area contributed by atoms with Crippen molar-refractivity contribution in [3.05, 3.63) is 107 Å². The van der Waals surface area contributed by atoms with Crippen LogP contribution < -0.4 is 11.1 Å². The summed E-state index contributed by atoms with van der Waals surface area (Å²) in [5.74, 6) is -1.04. The molecule has 0 fully saturated rings.